The van der Waals surface area contributed by atoms with E-state index in [1.165, 1.54) is 86.5 Å². The van der Waals surface area contributed by atoms with Crippen molar-refractivity contribution in [1.29, 1.82) is 0 Å². The molecule has 314 valence electrons. The first-order chi connectivity index (χ1) is 24.5. The molecule has 0 aromatic carbocycles. The molecule has 0 saturated heterocycles. The van der Waals surface area contributed by atoms with Crippen LogP contribution in [0.2, 0.25) is 0 Å². The van der Waals surface area contributed by atoms with Crippen LogP contribution in [0.15, 0.2) is 70.4 Å². The Kier molecular flexibility index (Phi) is 37.0. The fourth-order valence-corrected chi connectivity index (χ4v) is 6.27. The summed E-state index contributed by atoms with van der Waals surface area (Å²) in [4.78, 5) is 0. The smallest absolute Gasteiger partial charge is 0.0563 e. The molecule has 0 aromatic rings. The molecule has 0 amide bonds. The van der Waals surface area contributed by atoms with E-state index in [0.29, 0.717) is 11.3 Å². The van der Waals surface area contributed by atoms with Crippen molar-refractivity contribution >= 4 is 0 Å². The van der Waals surface area contributed by atoms with E-state index in [4.69, 9.17) is 5.11 Å². The van der Waals surface area contributed by atoms with Crippen LogP contribution in [0.3, 0.4) is 0 Å². The van der Waals surface area contributed by atoms with Crippen molar-refractivity contribution < 1.29 is 5.11 Å². The molecule has 0 bridgehead atoms. The zero-order chi connectivity index (χ0) is 42.4. The zero-order valence-electron chi connectivity index (χ0n) is 40.4. The highest BCUT2D eigenvalue weighted by Gasteiger charge is 2.36. The van der Waals surface area contributed by atoms with Crippen molar-refractivity contribution in [3.05, 3.63) is 70.4 Å². The van der Waals surface area contributed by atoms with Gasteiger partial charge in [0.25, 0.3) is 0 Å². The standard InChI is InChI=1S/C38H64.C6H14.C4H10O.2C2H6/c1-28(2)16-12-18-32(9)20-14-21-34(11)24-25-36-26-35(27-37(30(5)6)38(36)31(7)8)23-15-22-33(10)19-13-17-29(3)4;1-5-6(2,3)4;1-4(2,3)5;2*1-2/h16-17,20,22,26,30-31,36-38H,11-15,18-19,21,23-25,27H2,1-10H3;5H2,1-4H3;5H,1-3H3;2*1-2H3/b32-20+,33-22+;;;;. The van der Waals surface area contributed by atoms with Crippen LogP contribution in [0.5, 0.6) is 0 Å². The molecule has 0 spiro atoms. The van der Waals surface area contributed by atoms with E-state index >= 15 is 0 Å². The Labute approximate surface area is 337 Å². The van der Waals surface area contributed by atoms with Crippen LogP contribution in [0.4, 0.5) is 0 Å². The lowest BCUT2D eigenvalue weighted by atomic mass is 9.63. The lowest BCUT2D eigenvalue weighted by Crippen LogP contribution is -2.34. The summed E-state index contributed by atoms with van der Waals surface area (Å²) in [6, 6.07) is 0. The van der Waals surface area contributed by atoms with Gasteiger partial charge in [-0.05, 0) is 168 Å². The minimum atomic E-state index is -0.500. The first-order valence-corrected chi connectivity index (χ1v) is 22.1. The largest absolute Gasteiger partial charge is 0.391 e. The van der Waals surface area contributed by atoms with E-state index in [1.54, 1.807) is 31.9 Å². The topological polar surface area (TPSA) is 20.2 Å². The number of rotatable bonds is 17. The summed E-state index contributed by atoms with van der Waals surface area (Å²) in [5.74, 6) is 3.79. The van der Waals surface area contributed by atoms with Crippen LogP contribution in [0.25, 0.3) is 0 Å². The van der Waals surface area contributed by atoms with E-state index in [9.17, 15) is 0 Å². The third-order valence-corrected chi connectivity index (χ3v) is 9.59. The van der Waals surface area contributed by atoms with Crippen LogP contribution < -0.4 is 0 Å². The van der Waals surface area contributed by atoms with Gasteiger partial charge in [0.15, 0.2) is 0 Å². The summed E-state index contributed by atoms with van der Waals surface area (Å²) in [5, 5.41) is 8.52. The van der Waals surface area contributed by atoms with Gasteiger partial charge in [-0.25, -0.2) is 0 Å². The summed E-state index contributed by atoms with van der Waals surface area (Å²) < 4.78 is 0. The minimum absolute atomic E-state index is 0.500. The molecule has 1 rings (SSSR count). The van der Waals surface area contributed by atoms with Gasteiger partial charge >= 0.3 is 0 Å². The first-order valence-electron chi connectivity index (χ1n) is 22.1. The Morgan fingerprint density at radius 1 is 0.698 bits per heavy atom. The highest BCUT2D eigenvalue weighted by atomic mass is 16.3. The maximum Gasteiger partial charge on any atom is 0.0563 e. The average Bonchev–Trinajstić information content (AvgIpc) is 3.04. The molecule has 0 aliphatic heterocycles. The number of aliphatic hydroxyl groups is 1. The molecule has 1 heteroatoms. The molecule has 0 saturated carbocycles. The summed E-state index contributed by atoms with van der Waals surface area (Å²) in [6.07, 6.45) is 26.9. The average molecular weight is 741 g/mol. The van der Waals surface area contributed by atoms with Crippen molar-refractivity contribution in [2.45, 2.75) is 228 Å². The van der Waals surface area contributed by atoms with Crippen molar-refractivity contribution in [1.82, 2.24) is 0 Å². The fraction of sp³-hybridized carbons (Fsp3) is 0.769. The quantitative estimate of drug-likeness (QED) is 0.147. The summed E-state index contributed by atoms with van der Waals surface area (Å²) in [5.41, 5.74) is 9.13. The minimum Gasteiger partial charge on any atom is -0.391 e. The van der Waals surface area contributed by atoms with Crippen molar-refractivity contribution in [3.63, 3.8) is 0 Å². The second-order valence-corrected chi connectivity index (χ2v) is 18.6. The molecule has 1 aliphatic rings. The van der Waals surface area contributed by atoms with Gasteiger partial charge in [0.1, 0.15) is 0 Å². The van der Waals surface area contributed by atoms with E-state index in [0.717, 1.165) is 36.5 Å². The van der Waals surface area contributed by atoms with Gasteiger partial charge in [-0.15, -0.1) is 0 Å². The van der Waals surface area contributed by atoms with Gasteiger partial charge in [-0.3, -0.25) is 0 Å². The lowest BCUT2D eigenvalue weighted by molar-refractivity contribution is 0.102. The summed E-state index contributed by atoms with van der Waals surface area (Å²) >= 11 is 0. The second kappa shape index (κ2) is 33.7. The Bertz CT molecular complexity index is 1030. The third kappa shape index (κ3) is 39.9. The van der Waals surface area contributed by atoms with Gasteiger partial charge in [0, 0.05) is 0 Å². The molecule has 0 fully saturated rings. The van der Waals surface area contributed by atoms with Crippen molar-refractivity contribution in [3.8, 4) is 0 Å². The van der Waals surface area contributed by atoms with E-state index < -0.39 is 5.60 Å². The predicted molar refractivity (Wildman–Crippen MR) is 249 cm³/mol. The maximum atomic E-state index is 8.52. The van der Waals surface area contributed by atoms with Gasteiger partial charge in [0.05, 0.1) is 5.60 Å². The maximum absolute atomic E-state index is 8.52. The van der Waals surface area contributed by atoms with Crippen LogP contribution in [0, 0.1) is 35.0 Å². The van der Waals surface area contributed by atoms with Crippen molar-refractivity contribution in [2.75, 3.05) is 0 Å². The Balaban J connectivity index is -0.000000677. The monoisotopic (exact) mass is 741 g/mol. The van der Waals surface area contributed by atoms with Crippen LogP contribution >= 0.6 is 0 Å². The van der Waals surface area contributed by atoms with Gasteiger partial charge in [0.2, 0.25) is 0 Å². The van der Waals surface area contributed by atoms with Gasteiger partial charge in [-0.2, -0.15) is 0 Å². The molecule has 0 heterocycles. The normalized spacial score (nSPS) is 17.4. The molecule has 3 unspecified atom stereocenters. The Morgan fingerprint density at radius 3 is 1.45 bits per heavy atom. The van der Waals surface area contributed by atoms with Gasteiger partial charge < -0.3 is 5.11 Å². The molecular formula is C52H100O. The highest BCUT2D eigenvalue weighted by Crippen LogP contribution is 2.45. The molecule has 1 nitrogen and oxygen atoms in total. The first kappa shape index (κ1) is 58.1. The zero-order valence-corrected chi connectivity index (χ0v) is 40.4. The van der Waals surface area contributed by atoms with Crippen molar-refractivity contribution in [2.24, 2.45) is 35.0 Å². The molecule has 53 heavy (non-hydrogen) atoms. The molecular weight excluding hydrogens is 641 g/mol. The molecule has 0 radical (unpaired) electrons. The number of hydrogen-bond donors (Lipinski definition) is 1. The van der Waals surface area contributed by atoms with Crippen LogP contribution in [-0.4, -0.2) is 10.7 Å². The molecule has 3 atom stereocenters. The lowest BCUT2D eigenvalue weighted by Gasteiger charge is -2.42. The summed E-state index contributed by atoms with van der Waals surface area (Å²) in [6.45, 7) is 49.9. The Morgan fingerprint density at radius 2 is 1.09 bits per heavy atom. The number of allylic oxidation sites excluding steroid dienone is 11. The second-order valence-electron chi connectivity index (χ2n) is 18.6. The van der Waals surface area contributed by atoms with Crippen LogP contribution in [0.1, 0.15) is 222 Å². The predicted octanol–water partition coefficient (Wildman–Crippen LogP) is 18.0. The van der Waals surface area contributed by atoms with E-state index in [1.807, 2.05) is 27.7 Å². The van der Waals surface area contributed by atoms with E-state index in [-0.39, 0.29) is 0 Å². The van der Waals surface area contributed by atoms with Gasteiger partial charge in [-0.1, -0.05) is 160 Å². The highest BCUT2D eigenvalue weighted by molar-refractivity contribution is 5.15. The summed E-state index contributed by atoms with van der Waals surface area (Å²) in [7, 11) is 0. The molecule has 1 N–H and O–H groups in total. The Hall–Kier alpha value is -1.60. The van der Waals surface area contributed by atoms with E-state index in [2.05, 4.69) is 134 Å². The molecule has 1 aliphatic carbocycles. The van der Waals surface area contributed by atoms with Crippen LogP contribution in [-0.2, 0) is 0 Å². The number of hydrogen-bond acceptors (Lipinski definition) is 1. The fourth-order valence-electron chi connectivity index (χ4n) is 6.27. The SMILES string of the molecule is C=C(CC/C=C(\C)CCC=C(C)C)CCC1C=C(CC/C=C(\C)CCC=C(C)C)CC(C(C)C)C1C(C)C.CC.CC.CC(C)(C)O.CCC(C)(C)C. The molecule has 0 aromatic heterocycles. The third-order valence-electron chi connectivity index (χ3n) is 9.59.